The van der Waals surface area contributed by atoms with E-state index in [9.17, 15) is 4.79 Å². The van der Waals surface area contributed by atoms with Crippen LogP contribution in [0.25, 0.3) is 28.0 Å². The maximum Gasteiger partial charge on any atom is 0.350 e. The summed E-state index contributed by atoms with van der Waals surface area (Å²) in [7, 11) is 0. The topological polar surface area (TPSA) is 89.5 Å². The third-order valence-corrected chi connectivity index (χ3v) is 10.2. The molecule has 8 nitrogen and oxygen atoms in total. The first kappa shape index (κ1) is 33.2. The van der Waals surface area contributed by atoms with E-state index in [2.05, 4.69) is 39.8 Å². The predicted octanol–water partition coefficient (Wildman–Crippen LogP) is 9.75. The molecule has 2 unspecified atom stereocenters. The molecule has 1 saturated carbocycles. The Bertz CT molecular complexity index is 2010. The van der Waals surface area contributed by atoms with Gasteiger partial charge in [0.1, 0.15) is 41.6 Å². The van der Waals surface area contributed by atoms with E-state index in [0.29, 0.717) is 41.3 Å². The van der Waals surface area contributed by atoms with Crippen molar-refractivity contribution < 1.29 is 32.5 Å². The molecule has 2 aliphatic heterocycles. The van der Waals surface area contributed by atoms with Crippen LogP contribution >= 0.6 is 0 Å². The Balaban J connectivity index is 0.939. The second-order valence-corrected chi connectivity index (χ2v) is 14.9. The summed E-state index contributed by atoms with van der Waals surface area (Å²) in [5.41, 5.74) is 4.03. The molecule has 0 radical (unpaired) electrons. The molecular weight excluding hydrogens is 620 g/mol. The van der Waals surface area contributed by atoms with Crippen LogP contribution < -0.4 is 19.8 Å². The molecule has 2 aromatic carbocycles. The lowest BCUT2D eigenvalue weighted by atomic mass is 9.96. The number of allylic oxidation sites excluding steroid dienone is 2. The van der Waals surface area contributed by atoms with Crippen LogP contribution in [0.3, 0.4) is 0 Å². The van der Waals surface area contributed by atoms with E-state index in [1.807, 2.05) is 50.3 Å². The number of hydrogen-bond donors (Lipinski definition) is 0. The van der Waals surface area contributed by atoms with Gasteiger partial charge in [0.25, 0.3) is 0 Å². The molecule has 7 rings (SSSR count). The van der Waals surface area contributed by atoms with Crippen molar-refractivity contribution >= 4 is 28.0 Å². The van der Waals surface area contributed by atoms with Gasteiger partial charge < -0.3 is 32.5 Å². The van der Waals surface area contributed by atoms with Crippen LogP contribution in [-0.2, 0) is 9.47 Å². The van der Waals surface area contributed by atoms with Crippen LogP contribution in [0.1, 0.15) is 79.2 Å². The normalized spacial score (nSPS) is 24.0. The fraction of sp³-hybridized carbons (Fsp3) is 0.439. The predicted molar refractivity (Wildman–Crippen MR) is 190 cm³/mol. The van der Waals surface area contributed by atoms with Crippen molar-refractivity contribution in [3.05, 3.63) is 94.1 Å². The zero-order valence-corrected chi connectivity index (χ0v) is 29.3. The number of ether oxygens (including phenoxy) is 5. The quantitative estimate of drug-likeness (QED) is 0.109. The van der Waals surface area contributed by atoms with E-state index in [-0.39, 0.29) is 6.10 Å². The van der Waals surface area contributed by atoms with Gasteiger partial charge in [-0.2, -0.15) is 0 Å². The van der Waals surface area contributed by atoms with Gasteiger partial charge in [-0.05, 0) is 114 Å². The SMILES string of the molecule is CC(=CCOc1ccc2c(c1)O[C@@]1(C=C2)OC(CCC(C)=CCOc2c3ccoc3cc3oc(=O)ccc23)C(C)(C)O1)CCC1CC1(C)C. The average Bonchev–Trinajstić information content (AvgIpc) is 3.31. The lowest BCUT2D eigenvalue weighted by Crippen LogP contribution is -2.38. The third kappa shape index (κ3) is 7.22. The highest BCUT2D eigenvalue weighted by Gasteiger charge is 2.54. The molecule has 3 atom stereocenters. The summed E-state index contributed by atoms with van der Waals surface area (Å²) in [6.07, 6.45) is 14.7. The monoisotopic (exact) mass is 666 g/mol. The van der Waals surface area contributed by atoms with Gasteiger partial charge in [0.05, 0.1) is 28.7 Å². The minimum Gasteiger partial charge on any atom is -0.489 e. The summed E-state index contributed by atoms with van der Waals surface area (Å²) in [4.78, 5) is 11.8. The zero-order valence-electron chi connectivity index (χ0n) is 29.3. The second kappa shape index (κ2) is 12.9. The van der Waals surface area contributed by atoms with Gasteiger partial charge >= 0.3 is 11.6 Å². The van der Waals surface area contributed by atoms with E-state index < -0.39 is 17.2 Å². The van der Waals surface area contributed by atoms with Crippen molar-refractivity contribution in [3.8, 4) is 17.2 Å². The molecule has 3 aliphatic rings. The first-order valence-corrected chi connectivity index (χ1v) is 17.3. The Hall–Kier alpha value is -4.27. The fourth-order valence-corrected chi connectivity index (χ4v) is 6.88. The van der Waals surface area contributed by atoms with E-state index in [4.69, 9.17) is 32.5 Å². The molecule has 1 saturated heterocycles. The molecule has 0 bridgehead atoms. The molecular formula is C41H46O8. The van der Waals surface area contributed by atoms with Crippen LogP contribution in [0.2, 0.25) is 0 Å². The highest BCUT2D eigenvalue weighted by molar-refractivity contribution is 6.01. The largest absolute Gasteiger partial charge is 0.489 e. The summed E-state index contributed by atoms with van der Waals surface area (Å²) >= 11 is 0. The van der Waals surface area contributed by atoms with Gasteiger partial charge in [0, 0.05) is 29.8 Å². The number of benzene rings is 2. The molecule has 1 spiro atoms. The first-order chi connectivity index (χ1) is 23.4. The fourth-order valence-electron chi connectivity index (χ4n) is 6.88. The van der Waals surface area contributed by atoms with E-state index in [1.165, 1.54) is 24.5 Å². The van der Waals surface area contributed by atoms with Gasteiger partial charge in [-0.3, -0.25) is 0 Å². The summed E-state index contributed by atoms with van der Waals surface area (Å²) < 4.78 is 42.6. The lowest BCUT2D eigenvalue weighted by Gasteiger charge is -2.30. The molecule has 0 amide bonds. The zero-order chi connectivity index (χ0) is 34.4. The molecule has 8 heteroatoms. The Morgan fingerprint density at radius 2 is 1.63 bits per heavy atom. The van der Waals surface area contributed by atoms with Crippen molar-refractivity contribution in [3.63, 3.8) is 0 Å². The Kier molecular flexibility index (Phi) is 8.74. The van der Waals surface area contributed by atoms with Crippen LogP contribution in [0.5, 0.6) is 17.2 Å². The minimum atomic E-state index is -1.30. The molecule has 258 valence electrons. The van der Waals surface area contributed by atoms with Crippen molar-refractivity contribution in [2.45, 2.75) is 91.3 Å². The third-order valence-electron chi connectivity index (χ3n) is 10.2. The van der Waals surface area contributed by atoms with Crippen LogP contribution in [0.4, 0.5) is 0 Å². The second-order valence-electron chi connectivity index (χ2n) is 14.9. The first-order valence-electron chi connectivity index (χ1n) is 17.3. The van der Waals surface area contributed by atoms with Crippen molar-refractivity contribution in [2.75, 3.05) is 13.2 Å². The van der Waals surface area contributed by atoms with Crippen LogP contribution in [0.15, 0.2) is 91.7 Å². The average molecular weight is 667 g/mol. The minimum absolute atomic E-state index is 0.205. The smallest absolute Gasteiger partial charge is 0.350 e. The summed E-state index contributed by atoms with van der Waals surface area (Å²) in [6, 6.07) is 12.6. The van der Waals surface area contributed by atoms with E-state index in [1.54, 1.807) is 18.4 Å². The van der Waals surface area contributed by atoms with E-state index in [0.717, 1.165) is 52.8 Å². The molecule has 0 N–H and O–H groups in total. The molecule has 2 fully saturated rings. The van der Waals surface area contributed by atoms with Gasteiger partial charge in [0.15, 0.2) is 0 Å². The molecule has 49 heavy (non-hydrogen) atoms. The maximum absolute atomic E-state index is 11.8. The van der Waals surface area contributed by atoms with Gasteiger partial charge in [-0.15, -0.1) is 0 Å². The van der Waals surface area contributed by atoms with Crippen LogP contribution in [0, 0.1) is 11.3 Å². The summed E-state index contributed by atoms with van der Waals surface area (Å²) in [6.45, 7) is 13.9. The maximum atomic E-state index is 11.8. The van der Waals surface area contributed by atoms with Crippen molar-refractivity contribution in [1.82, 2.24) is 0 Å². The van der Waals surface area contributed by atoms with Gasteiger partial charge in [0.2, 0.25) is 0 Å². The summed E-state index contributed by atoms with van der Waals surface area (Å²) in [5.74, 6) is 1.59. The van der Waals surface area contributed by atoms with Crippen LogP contribution in [-0.4, -0.2) is 30.9 Å². The molecule has 4 aromatic rings. The van der Waals surface area contributed by atoms with Gasteiger partial charge in [-0.1, -0.05) is 25.0 Å². The van der Waals surface area contributed by atoms with E-state index >= 15 is 0 Å². The lowest BCUT2D eigenvalue weighted by molar-refractivity contribution is -0.270. The molecule has 2 aromatic heterocycles. The molecule has 4 heterocycles. The van der Waals surface area contributed by atoms with Gasteiger partial charge in [-0.25, -0.2) is 4.79 Å². The molecule has 1 aliphatic carbocycles. The Morgan fingerprint density at radius 1 is 0.898 bits per heavy atom. The number of rotatable bonds is 12. The highest BCUT2D eigenvalue weighted by atomic mass is 16.9. The Morgan fingerprint density at radius 3 is 2.41 bits per heavy atom. The van der Waals surface area contributed by atoms with Crippen molar-refractivity contribution in [2.24, 2.45) is 11.3 Å². The Labute approximate surface area is 287 Å². The highest BCUT2D eigenvalue weighted by Crippen LogP contribution is 2.54. The number of hydrogen-bond acceptors (Lipinski definition) is 8. The number of furan rings is 1. The number of fused-ring (bicyclic) bond motifs is 3. The van der Waals surface area contributed by atoms with Crippen molar-refractivity contribution in [1.29, 1.82) is 0 Å². The standard InChI is InChI=1S/C41H46O8/c1-26(7-10-29-25-39(29,3)4)16-20-43-30-11-9-28-15-19-41(47-33(28)23-30)48-36(40(5,6)49-41)13-8-27(2)17-21-45-38-31-12-14-37(42)46-35(31)24-34-32(38)18-22-44-34/h9,11-12,14-19,22-24,29,36H,7-8,10,13,20-21,25H2,1-6H3/t29?,36?,41-/m0/s1. The summed E-state index contributed by atoms with van der Waals surface area (Å²) in [5, 5.41) is 1.55.